The predicted molar refractivity (Wildman–Crippen MR) is 80.1 cm³/mol. The van der Waals surface area contributed by atoms with Crippen LogP contribution in [0.3, 0.4) is 0 Å². The Balaban J connectivity index is 1.98. The summed E-state index contributed by atoms with van der Waals surface area (Å²) in [5.41, 5.74) is 10.5. The van der Waals surface area contributed by atoms with Crippen LogP contribution in [0.25, 0.3) is 10.9 Å². The van der Waals surface area contributed by atoms with E-state index in [2.05, 4.69) is 4.98 Å². The maximum Gasteiger partial charge on any atom is 0.123 e. The van der Waals surface area contributed by atoms with Crippen LogP contribution in [-0.4, -0.2) is 4.98 Å². The number of hydrogen-bond acceptors (Lipinski definition) is 1. The first-order valence-corrected chi connectivity index (χ1v) is 6.72. The lowest BCUT2D eigenvalue weighted by atomic mass is 9.98. The topological polar surface area (TPSA) is 41.8 Å². The van der Waals surface area contributed by atoms with Crippen LogP contribution in [0.1, 0.15) is 22.9 Å². The number of aryl methyl sites for hydroxylation is 1. The molecule has 3 aromatic rings. The standard InChI is InChI=1S/C17H17FN2/c1-11-14(10-16(19)12-5-3-2-4-6-12)15-9-13(18)7-8-17(15)20-11/h2-9,16,20H,10,19H2,1H3. The van der Waals surface area contributed by atoms with Crippen LogP contribution >= 0.6 is 0 Å². The molecular formula is C17H17FN2. The average Bonchev–Trinajstić information content (AvgIpc) is 2.76. The number of halogens is 1. The van der Waals surface area contributed by atoms with E-state index < -0.39 is 0 Å². The Morgan fingerprint density at radius 3 is 2.65 bits per heavy atom. The SMILES string of the molecule is Cc1[nH]c2ccc(F)cc2c1CC(N)c1ccccc1. The molecule has 2 aromatic carbocycles. The van der Waals surface area contributed by atoms with Crippen LogP contribution in [0.4, 0.5) is 4.39 Å². The maximum absolute atomic E-state index is 13.4. The van der Waals surface area contributed by atoms with Crippen molar-refractivity contribution in [2.24, 2.45) is 5.73 Å². The molecule has 0 saturated carbocycles. The monoisotopic (exact) mass is 268 g/mol. The van der Waals surface area contributed by atoms with Crippen LogP contribution < -0.4 is 5.73 Å². The van der Waals surface area contributed by atoms with E-state index in [1.807, 2.05) is 37.3 Å². The summed E-state index contributed by atoms with van der Waals surface area (Å²) in [7, 11) is 0. The zero-order valence-corrected chi connectivity index (χ0v) is 11.4. The van der Waals surface area contributed by atoms with Crippen molar-refractivity contribution >= 4 is 10.9 Å². The number of H-pyrrole nitrogens is 1. The molecule has 3 heteroatoms. The van der Waals surface area contributed by atoms with Gasteiger partial charge in [-0.25, -0.2) is 4.39 Å². The Morgan fingerprint density at radius 1 is 1.15 bits per heavy atom. The molecule has 0 amide bonds. The van der Waals surface area contributed by atoms with Crippen LogP contribution in [-0.2, 0) is 6.42 Å². The fourth-order valence-corrected chi connectivity index (χ4v) is 2.66. The minimum absolute atomic E-state index is 0.0860. The molecule has 0 radical (unpaired) electrons. The van der Waals surface area contributed by atoms with E-state index in [0.29, 0.717) is 6.42 Å². The number of benzene rings is 2. The van der Waals surface area contributed by atoms with Gasteiger partial charge in [0.05, 0.1) is 0 Å². The Morgan fingerprint density at radius 2 is 1.90 bits per heavy atom. The van der Waals surface area contributed by atoms with E-state index in [-0.39, 0.29) is 11.9 Å². The highest BCUT2D eigenvalue weighted by molar-refractivity contribution is 5.84. The predicted octanol–water partition coefficient (Wildman–Crippen LogP) is 3.86. The Hall–Kier alpha value is -2.13. The zero-order valence-electron chi connectivity index (χ0n) is 11.4. The molecular weight excluding hydrogens is 251 g/mol. The molecule has 3 N–H and O–H groups in total. The van der Waals surface area contributed by atoms with Crippen LogP contribution in [0, 0.1) is 12.7 Å². The summed E-state index contributed by atoms with van der Waals surface area (Å²) in [6.45, 7) is 2.00. The van der Waals surface area contributed by atoms with Crippen molar-refractivity contribution in [3.8, 4) is 0 Å². The largest absolute Gasteiger partial charge is 0.358 e. The molecule has 0 aliphatic carbocycles. The molecule has 2 nitrogen and oxygen atoms in total. The molecule has 0 bridgehead atoms. The quantitative estimate of drug-likeness (QED) is 0.744. The first-order chi connectivity index (χ1) is 9.65. The van der Waals surface area contributed by atoms with Crippen LogP contribution in [0.2, 0.25) is 0 Å². The van der Waals surface area contributed by atoms with Gasteiger partial charge in [0.25, 0.3) is 0 Å². The van der Waals surface area contributed by atoms with Gasteiger partial charge in [-0.3, -0.25) is 0 Å². The number of fused-ring (bicyclic) bond motifs is 1. The summed E-state index contributed by atoms with van der Waals surface area (Å²) in [6.07, 6.45) is 0.694. The number of rotatable bonds is 3. The lowest BCUT2D eigenvalue weighted by Gasteiger charge is -2.12. The van der Waals surface area contributed by atoms with Gasteiger partial charge < -0.3 is 10.7 Å². The minimum Gasteiger partial charge on any atom is -0.358 e. The first-order valence-electron chi connectivity index (χ1n) is 6.72. The van der Waals surface area contributed by atoms with Crippen molar-refractivity contribution in [3.05, 3.63) is 71.2 Å². The highest BCUT2D eigenvalue weighted by Gasteiger charge is 2.14. The third-order valence-electron chi connectivity index (χ3n) is 3.73. The number of nitrogens with two attached hydrogens (primary N) is 1. The maximum atomic E-state index is 13.4. The molecule has 1 unspecified atom stereocenters. The second-order valence-corrected chi connectivity index (χ2v) is 5.14. The summed E-state index contributed by atoms with van der Waals surface area (Å²) >= 11 is 0. The normalized spacial score (nSPS) is 12.8. The second-order valence-electron chi connectivity index (χ2n) is 5.14. The molecule has 3 rings (SSSR count). The van der Waals surface area contributed by atoms with Crippen molar-refractivity contribution in [2.45, 2.75) is 19.4 Å². The number of aromatic amines is 1. The van der Waals surface area contributed by atoms with Crippen molar-refractivity contribution < 1.29 is 4.39 Å². The number of nitrogens with one attached hydrogen (secondary N) is 1. The number of hydrogen-bond donors (Lipinski definition) is 2. The van der Waals surface area contributed by atoms with Gasteiger partial charge in [-0.1, -0.05) is 30.3 Å². The summed E-state index contributed by atoms with van der Waals surface area (Å²) < 4.78 is 13.4. The van der Waals surface area contributed by atoms with Gasteiger partial charge in [-0.05, 0) is 42.7 Å². The smallest absolute Gasteiger partial charge is 0.123 e. The third-order valence-corrected chi connectivity index (χ3v) is 3.73. The molecule has 1 heterocycles. The Bertz CT molecular complexity index is 731. The minimum atomic E-state index is -0.217. The molecule has 1 aromatic heterocycles. The lowest BCUT2D eigenvalue weighted by molar-refractivity contribution is 0.629. The lowest BCUT2D eigenvalue weighted by Crippen LogP contribution is -2.13. The van der Waals surface area contributed by atoms with E-state index in [1.165, 1.54) is 6.07 Å². The zero-order chi connectivity index (χ0) is 14.1. The van der Waals surface area contributed by atoms with Gasteiger partial charge in [0.15, 0.2) is 0 Å². The van der Waals surface area contributed by atoms with Crippen molar-refractivity contribution in [3.63, 3.8) is 0 Å². The molecule has 0 fully saturated rings. The third kappa shape index (κ3) is 2.32. The van der Waals surface area contributed by atoms with E-state index in [4.69, 9.17) is 5.73 Å². The van der Waals surface area contributed by atoms with Crippen LogP contribution in [0.5, 0.6) is 0 Å². The summed E-state index contributed by atoms with van der Waals surface area (Å²) in [6, 6.07) is 14.7. The van der Waals surface area contributed by atoms with Gasteiger partial charge in [0.1, 0.15) is 5.82 Å². The molecule has 0 aliphatic rings. The molecule has 0 aliphatic heterocycles. The van der Waals surface area contributed by atoms with Crippen LogP contribution in [0.15, 0.2) is 48.5 Å². The molecule has 1 atom stereocenters. The van der Waals surface area contributed by atoms with E-state index in [9.17, 15) is 4.39 Å². The van der Waals surface area contributed by atoms with Gasteiger partial charge in [0.2, 0.25) is 0 Å². The van der Waals surface area contributed by atoms with Gasteiger partial charge in [0, 0.05) is 22.6 Å². The van der Waals surface area contributed by atoms with Gasteiger partial charge in [-0.15, -0.1) is 0 Å². The van der Waals surface area contributed by atoms with E-state index in [1.54, 1.807) is 12.1 Å². The second kappa shape index (κ2) is 5.10. The van der Waals surface area contributed by atoms with Gasteiger partial charge >= 0.3 is 0 Å². The van der Waals surface area contributed by atoms with Crippen molar-refractivity contribution in [2.75, 3.05) is 0 Å². The fraction of sp³-hybridized carbons (Fsp3) is 0.176. The highest BCUT2D eigenvalue weighted by Crippen LogP contribution is 2.27. The molecule has 102 valence electrons. The Labute approximate surface area is 117 Å². The van der Waals surface area contributed by atoms with E-state index in [0.717, 1.165) is 27.7 Å². The fourth-order valence-electron chi connectivity index (χ4n) is 2.66. The molecule has 20 heavy (non-hydrogen) atoms. The average molecular weight is 268 g/mol. The Kier molecular flexibility index (Phi) is 3.28. The summed E-state index contributed by atoms with van der Waals surface area (Å²) in [5.74, 6) is -0.217. The van der Waals surface area contributed by atoms with E-state index >= 15 is 0 Å². The summed E-state index contributed by atoms with van der Waals surface area (Å²) in [4.78, 5) is 3.29. The van der Waals surface area contributed by atoms with Crippen molar-refractivity contribution in [1.29, 1.82) is 0 Å². The number of aromatic nitrogens is 1. The first kappa shape index (κ1) is 12.9. The highest BCUT2D eigenvalue weighted by atomic mass is 19.1. The van der Waals surface area contributed by atoms with Gasteiger partial charge in [-0.2, -0.15) is 0 Å². The van der Waals surface area contributed by atoms with Crippen molar-refractivity contribution in [1.82, 2.24) is 4.98 Å². The molecule has 0 saturated heterocycles. The molecule has 0 spiro atoms. The summed E-state index contributed by atoms with van der Waals surface area (Å²) in [5, 5.41) is 0.925.